The third-order valence-electron chi connectivity index (χ3n) is 3.80. The summed E-state index contributed by atoms with van der Waals surface area (Å²) in [4.78, 5) is 0. The highest BCUT2D eigenvalue weighted by Gasteiger charge is 2.31. The van der Waals surface area contributed by atoms with E-state index < -0.39 is 35.6 Å². The molecule has 0 aromatic carbocycles. The molecule has 0 amide bonds. The highest BCUT2D eigenvalue weighted by molar-refractivity contribution is 4.84. The lowest BCUT2D eigenvalue weighted by Crippen LogP contribution is -2.44. The Labute approximate surface area is 239 Å². The molecule has 0 aliphatic heterocycles. The average molecular weight is 587 g/mol. The van der Waals surface area contributed by atoms with E-state index in [2.05, 4.69) is 0 Å². The van der Waals surface area contributed by atoms with Gasteiger partial charge in [0.05, 0.1) is 48.8 Å². The normalized spacial score (nSPS) is 12.8. The van der Waals surface area contributed by atoms with Crippen LogP contribution in [0.25, 0.3) is 0 Å². The molecule has 0 aliphatic carbocycles. The minimum Gasteiger partial charge on any atom is -0.400 e. The topological polar surface area (TPSA) is 243 Å². The van der Waals surface area contributed by atoms with Gasteiger partial charge in [-0.05, 0) is 81.6 Å². The predicted molar refractivity (Wildman–Crippen MR) is 158 cm³/mol. The summed E-state index contributed by atoms with van der Waals surface area (Å²) in [5, 5.41) is 98.5. The van der Waals surface area contributed by atoms with Crippen LogP contribution in [-0.4, -0.2) is 137 Å². The fraction of sp³-hybridized carbons (Fsp3) is 1.00. The molecule has 4 unspecified atom stereocenters. The first kappa shape index (κ1) is 58.2. The maximum Gasteiger partial charge on any atom is 0.0872 e. The maximum absolute atomic E-state index is 9.10. The molecule has 0 fully saturated rings. The predicted octanol–water partition coefficient (Wildman–Crippen LogP) is 0.158. The van der Waals surface area contributed by atoms with Crippen molar-refractivity contribution in [3.8, 4) is 0 Å². The molecule has 39 heavy (non-hydrogen) atoms. The molecule has 0 rings (SSSR count). The quantitative estimate of drug-likeness (QED) is 0.191. The second-order valence-corrected chi connectivity index (χ2v) is 9.13. The molecule has 0 aromatic rings. The van der Waals surface area contributed by atoms with Gasteiger partial charge in [0, 0.05) is 26.4 Å². The van der Waals surface area contributed by atoms with Gasteiger partial charge in [-0.3, -0.25) is 0 Å². The lowest BCUT2D eigenvalue weighted by Gasteiger charge is -2.31. The van der Waals surface area contributed by atoms with Crippen LogP contribution in [0.5, 0.6) is 0 Å². The summed E-state index contributed by atoms with van der Waals surface area (Å²) in [7, 11) is 1.00. The van der Waals surface area contributed by atoms with Crippen molar-refractivity contribution >= 4 is 0 Å². The highest BCUT2D eigenvalue weighted by atomic mass is 16.4. The zero-order valence-electron chi connectivity index (χ0n) is 27.2. The molecule has 250 valence electrons. The lowest BCUT2D eigenvalue weighted by atomic mass is 9.90. The van der Waals surface area contributed by atoms with Crippen molar-refractivity contribution in [1.82, 2.24) is 0 Å². The summed E-state index contributed by atoms with van der Waals surface area (Å²) in [5.41, 5.74) is -2.01. The number of hydrogen-bond acceptors (Lipinski definition) is 12. The zero-order chi connectivity index (χ0) is 33.8. The highest BCUT2D eigenvalue weighted by Crippen LogP contribution is 2.19. The van der Waals surface area contributed by atoms with Gasteiger partial charge in [-0.25, -0.2) is 0 Å². The number of aliphatic hydroxyl groups excluding tert-OH is 10. The molecule has 12 nitrogen and oxygen atoms in total. The Morgan fingerprint density at radius 2 is 0.667 bits per heavy atom. The van der Waals surface area contributed by atoms with Gasteiger partial charge < -0.3 is 61.3 Å². The lowest BCUT2D eigenvalue weighted by molar-refractivity contribution is -0.107. The van der Waals surface area contributed by atoms with E-state index in [1.54, 1.807) is 62.3 Å². The molecule has 0 saturated heterocycles. The van der Waals surface area contributed by atoms with Gasteiger partial charge in [0.2, 0.25) is 0 Å². The monoisotopic (exact) mass is 586 g/mol. The van der Waals surface area contributed by atoms with Gasteiger partial charge in [-0.15, -0.1) is 0 Å². The van der Waals surface area contributed by atoms with Crippen molar-refractivity contribution < 1.29 is 61.3 Å². The third-order valence-corrected chi connectivity index (χ3v) is 3.80. The standard InChI is InChI=1S/2C6H14O2.C4H10O2.2C3H8O.C2H6O2.C2H6O.CH4O/c1-5(2,7)6(3,4)8;1-3-5(7)6(8)4-2;1-3(5)4(2)6;1-3(2)4;1-2-3-4;3-1-2-4;1-2-3;1-2/h7-8H,1-4H3;5-8H,3-4H2,1-2H3;3-6H,1-2H3;3-4H,1-2H3;4H,2-3H2,1H3;3-4H,1-2H2;3H,2H2,1H3;2H,1H3. The Kier molecular flexibility index (Phi) is 66.5. The van der Waals surface area contributed by atoms with Crippen LogP contribution in [0, 0.1) is 0 Å². The van der Waals surface area contributed by atoms with Crippen molar-refractivity contribution in [2.45, 2.75) is 144 Å². The van der Waals surface area contributed by atoms with Crippen molar-refractivity contribution in [2.24, 2.45) is 0 Å². The molecular weight excluding hydrogens is 516 g/mol. The first-order chi connectivity index (χ1) is 17.6. The van der Waals surface area contributed by atoms with Crippen LogP contribution in [0.15, 0.2) is 0 Å². The molecule has 4 atom stereocenters. The Bertz CT molecular complexity index is 319. The first-order valence-electron chi connectivity index (χ1n) is 13.3. The Balaban J connectivity index is -0.0000000487. The first-order valence-corrected chi connectivity index (χ1v) is 13.3. The van der Waals surface area contributed by atoms with E-state index in [-0.39, 0.29) is 25.9 Å². The average Bonchev–Trinajstić information content (AvgIpc) is 2.84. The minimum absolute atomic E-state index is 0.125. The van der Waals surface area contributed by atoms with E-state index >= 15 is 0 Å². The smallest absolute Gasteiger partial charge is 0.0872 e. The fourth-order valence-corrected chi connectivity index (χ4v) is 0.544. The number of rotatable bonds is 7. The summed E-state index contributed by atoms with van der Waals surface area (Å²) in [5.74, 6) is 0. The van der Waals surface area contributed by atoms with Crippen molar-refractivity contribution in [2.75, 3.05) is 33.5 Å². The van der Waals surface area contributed by atoms with E-state index in [1.165, 1.54) is 0 Å². The van der Waals surface area contributed by atoms with Crippen LogP contribution in [0.3, 0.4) is 0 Å². The van der Waals surface area contributed by atoms with Crippen molar-refractivity contribution in [3.63, 3.8) is 0 Å². The van der Waals surface area contributed by atoms with Crippen LogP contribution < -0.4 is 0 Å². The van der Waals surface area contributed by atoms with E-state index in [0.717, 1.165) is 13.5 Å². The Morgan fingerprint density at radius 1 is 0.513 bits per heavy atom. The molecule has 0 bridgehead atoms. The van der Waals surface area contributed by atoms with E-state index in [4.69, 9.17) is 61.3 Å². The van der Waals surface area contributed by atoms with Crippen LogP contribution in [0.1, 0.15) is 102 Å². The Hall–Kier alpha value is -0.480. The SMILES string of the molecule is CC(C)(O)C(C)(C)O.CC(C)O.CC(O)C(C)O.CCC(O)C(O)CC.CCCO.CCO.CO.OCCO. The third kappa shape index (κ3) is 93.3. The van der Waals surface area contributed by atoms with Gasteiger partial charge in [0.15, 0.2) is 0 Å². The molecule has 0 aliphatic rings. The molecule has 0 radical (unpaired) electrons. The molecule has 0 aromatic heterocycles. The molecule has 0 heterocycles. The summed E-state index contributed by atoms with van der Waals surface area (Å²) >= 11 is 0. The number of aliphatic hydroxyl groups is 12. The van der Waals surface area contributed by atoms with E-state index in [9.17, 15) is 0 Å². The van der Waals surface area contributed by atoms with Crippen molar-refractivity contribution in [1.29, 1.82) is 0 Å². The molecule has 0 spiro atoms. The summed E-state index contributed by atoms with van der Waals surface area (Å²) in [6.45, 7) is 20.5. The van der Waals surface area contributed by atoms with E-state index in [1.807, 2.05) is 20.8 Å². The van der Waals surface area contributed by atoms with Crippen LogP contribution in [0.4, 0.5) is 0 Å². The van der Waals surface area contributed by atoms with Crippen molar-refractivity contribution in [3.05, 3.63) is 0 Å². The van der Waals surface area contributed by atoms with Crippen LogP contribution >= 0.6 is 0 Å². The van der Waals surface area contributed by atoms with Gasteiger partial charge in [0.1, 0.15) is 0 Å². The molecule has 12 N–H and O–H groups in total. The van der Waals surface area contributed by atoms with Crippen LogP contribution in [0.2, 0.25) is 0 Å². The second-order valence-electron chi connectivity index (χ2n) is 9.13. The summed E-state index contributed by atoms with van der Waals surface area (Å²) in [6.07, 6.45) is -0.265. The molecule has 0 saturated carbocycles. The second kappa shape index (κ2) is 44.5. The zero-order valence-corrected chi connectivity index (χ0v) is 27.2. The maximum atomic E-state index is 9.10. The van der Waals surface area contributed by atoms with Crippen LogP contribution in [-0.2, 0) is 0 Å². The molecular formula is C27H70O12. The Morgan fingerprint density at radius 3 is 0.692 bits per heavy atom. The van der Waals surface area contributed by atoms with Gasteiger partial charge >= 0.3 is 0 Å². The minimum atomic E-state index is -1.01. The van der Waals surface area contributed by atoms with E-state index in [0.29, 0.717) is 19.4 Å². The summed E-state index contributed by atoms with van der Waals surface area (Å²) in [6, 6.07) is 0. The molecule has 12 heteroatoms. The number of hydrogen-bond donors (Lipinski definition) is 12. The van der Waals surface area contributed by atoms with Gasteiger partial charge in [0.25, 0.3) is 0 Å². The van der Waals surface area contributed by atoms with Gasteiger partial charge in [-0.1, -0.05) is 20.8 Å². The fourth-order valence-electron chi connectivity index (χ4n) is 0.544. The summed E-state index contributed by atoms with van der Waals surface area (Å²) < 4.78 is 0. The largest absolute Gasteiger partial charge is 0.400 e. The van der Waals surface area contributed by atoms with Gasteiger partial charge in [-0.2, -0.15) is 0 Å².